The van der Waals surface area contributed by atoms with E-state index in [1.165, 1.54) is 11.0 Å². The Morgan fingerprint density at radius 1 is 1.52 bits per heavy atom. The Kier molecular flexibility index (Phi) is 3.95. The first-order valence-electron chi connectivity index (χ1n) is 6.70. The highest BCUT2D eigenvalue weighted by molar-refractivity contribution is 5.89. The van der Waals surface area contributed by atoms with E-state index in [-0.39, 0.29) is 19.1 Å². The van der Waals surface area contributed by atoms with Crippen LogP contribution in [0.25, 0.3) is 0 Å². The number of rotatable bonds is 6. The fourth-order valence-corrected chi connectivity index (χ4v) is 2.71. The molecule has 1 aromatic rings. The summed E-state index contributed by atoms with van der Waals surface area (Å²) in [6.45, 7) is 5.79. The minimum Gasteiger partial charge on any atom is -0.479 e. The van der Waals surface area contributed by atoms with Crippen LogP contribution in [-0.4, -0.2) is 55.4 Å². The zero-order valence-corrected chi connectivity index (χ0v) is 12.2. The van der Waals surface area contributed by atoms with Gasteiger partial charge in [-0.1, -0.05) is 13.8 Å². The standard InChI is InChI=1S/C12H19N5O4/c1-4-21-8-5-12(10(19)20,11(8,2)3)14-9(18)6-17-7-13-15-16-17/h7-8H,4-6H2,1-3H3,(H,14,18)(H,19,20). The van der Waals surface area contributed by atoms with Gasteiger partial charge in [0.25, 0.3) is 0 Å². The number of carbonyl (C=O) groups excluding carboxylic acids is 1. The third kappa shape index (κ3) is 2.48. The fourth-order valence-electron chi connectivity index (χ4n) is 2.71. The average Bonchev–Trinajstić information content (AvgIpc) is 2.89. The van der Waals surface area contributed by atoms with E-state index in [2.05, 4.69) is 20.8 Å². The summed E-state index contributed by atoms with van der Waals surface area (Å²) >= 11 is 0. The molecule has 0 saturated heterocycles. The van der Waals surface area contributed by atoms with Gasteiger partial charge in [0.05, 0.1) is 6.10 Å². The number of nitrogens with one attached hydrogen (secondary N) is 1. The van der Waals surface area contributed by atoms with Crippen LogP contribution in [-0.2, 0) is 20.9 Å². The van der Waals surface area contributed by atoms with Gasteiger partial charge >= 0.3 is 5.97 Å². The second-order valence-corrected chi connectivity index (χ2v) is 5.64. The first-order valence-corrected chi connectivity index (χ1v) is 6.70. The quantitative estimate of drug-likeness (QED) is 0.722. The zero-order chi connectivity index (χ0) is 15.7. The molecule has 1 aliphatic rings. The lowest BCUT2D eigenvalue weighted by Gasteiger charge is -2.58. The van der Waals surface area contributed by atoms with Crippen molar-refractivity contribution in [3.8, 4) is 0 Å². The van der Waals surface area contributed by atoms with Crippen LogP contribution in [0, 0.1) is 5.41 Å². The highest BCUT2D eigenvalue weighted by Gasteiger charge is 2.66. The molecule has 1 amide bonds. The molecule has 0 bridgehead atoms. The second kappa shape index (κ2) is 5.40. The number of nitrogens with zero attached hydrogens (tertiary/aromatic N) is 4. The predicted molar refractivity (Wildman–Crippen MR) is 70.1 cm³/mol. The van der Waals surface area contributed by atoms with E-state index >= 15 is 0 Å². The number of aliphatic carboxylic acids is 1. The smallest absolute Gasteiger partial charge is 0.330 e. The van der Waals surface area contributed by atoms with E-state index in [9.17, 15) is 14.7 Å². The molecule has 1 aliphatic carbocycles. The van der Waals surface area contributed by atoms with Crippen LogP contribution in [0.2, 0.25) is 0 Å². The zero-order valence-electron chi connectivity index (χ0n) is 12.2. The number of tetrazole rings is 1. The van der Waals surface area contributed by atoms with Crippen LogP contribution in [0.5, 0.6) is 0 Å². The third-order valence-electron chi connectivity index (χ3n) is 4.18. The minimum atomic E-state index is -1.34. The summed E-state index contributed by atoms with van der Waals surface area (Å²) in [4.78, 5) is 23.7. The van der Waals surface area contributed by atoms with Crippen molar-refractivity contribution in [2.75, 3.05) is 6.61 Å². The maximum Gasteiger partial charge on any atom is 0.330 e. The Hall–Kier alpha value is -2.03. The lowest BCUT2D eigenvalue weighted by Crippen LogP contribution is -2.76. The van der Waals surface area contributed by atoms with Crippen molar-refractivity contribution in [2.24, 2.45) is 5.41 Å². The number of hydrogen-bond acceptors (Lipinski definition) is 6. The van der Waals surface area contributed by atoms with Crippen LogP contribution in [0.3, 0.4) is 0 Å². The molecule has 0 aromatic carbocycles. The maximum absolute atomic E-state index is 12.0. The highest BCUT2D eigenvalue weighted by atomic mass is 16.5. The van der Waals surface area contributed by atoms with E-state index in [0.29, 0.717) is 6.61 Å². The molecule has 21 heavy (non-hydrogen) atoms. The Labute approximate surface area is 121 Å². The molecule has 0 radical (unpaired) electrons. The summed E-state index contributed by atoms with van der Waals surface area (Å²) < 4.78 is 6.77. The number of carboxylic acid groups (broad SMARTS) is 1. The molecule has 116 valence electrons. The summed E-state index contributed by atoms with van der Waals surface area (Å²) in [5, 5.41) is 22.6. The van der Waals surface area contributed by atoms with Gasteiger partial charge in [0.15, 0.2) is 0 Å². The Morgan fingerprint density at radius 3 is 2.71 bits per heavy atom. The third-order valence-corrected chi connectivity index (χ3v) is 4.18. The molecule has 1 fully saturated rings. The van der Waals surface area contributed by atoms with Gasteiger partial charge in [0, 0.05) is 18.4 Å². The monoisotopic (exact) mass is 297 g/mol. The number of aromatic nitrogens is 4. The van der Waals surface area contributed by atoms with Gasteiger partial charge in [-0.05, 0) is 17.4 Å². The molecule has 1 saturated carbocycles. The summed E-state index contributed by atoms with van der Waals surface area (Å²) in [6.07, 6.45) is 1.33. The lowest BCUT2D eigenvalue weighted by molar-refractivity contribution is -0.194. The normalized spacial score (nSPS) is 26.9. The molecule has 2 N–H and O–H groups in total. The summed E-state index contributed by atoms with van der Waals surface area (Å²) in [7, 11) is 0. The van der Waals surface area contributed by atoms with Crippen molar-refractivity contribution >= 4 is 11.9 Å². The Morgan fingerprint density at radius 2 is 2.24 bits per heavy atom. The molecule has 0 spiro atoms. The van der Waals surface area contributed by atoms with Crippen LogP contribution >= 0.6 is 0 Å². The average molecular weight is 297 g/mol. The van der Waals surface area contributed by atoms with Crippen LogP contribution in [0.15, 0.2) is 6.33 Å². The Balaban J connectivity index is 2.10. The van der Waals surface area contributed by atoms with Gasteiger partial charge in [0.2, 0.25) is 5.91 Å². The first-order chi connectivity index (χ1) is 9.83. The number of carboxylic acids is 1. The molecule has 2 rings (SSSR count). The highest BCUT2D eigenvalue weighted by Crippen LogP contribution is 2.51. The Bertz CT molecular complexity index is 530. The molecule has 1 aromatic heterocycles. The fraction of sp³-hybridized carbons (Fsp3) is 0.750. The summed E-state index contributed by atoms with van der Waals surface area (Å²) in [5.74, 6) is -1.51. The summed E-state index contributed by atoms with van der Waals surface area (Å²) in [5.41, 5.74) is -2.04. The molecular weight excluding hydrogens is 278 g/mol. The molecular formula is C12H19N5O4. The van der Waals surface area contributed by atoms with Crippen LogP contribution < -0.4 is 5.32 Å². The predicted octanol–water partition coefficient (Wildman–Crippen LogP) is -0.552. The minimum absolute atomic E-state index is 0.128. The number of carbonyl (C=O) groups is 2. The van der Waals surface area contributed by atoms with Gasteiger partial charge in [-0.15, -0.1) is 5.10 Å². The summed E-state index contributed by atoms with van der Waals surface area (Å²) in [6, 6.07) is 0. The van der Waals surface area contributed by atoms with Gasteiger partial charge in [-0.25, -0.2) is 9.48 Å². The number of amides is 1. The number of ether oxygens (including phenoxy) is 1. The van der Waals surface area contributed by atoms with Crippen LogP contribution in [0.4, 0.5) is 0 Å². The number of hydrogen-bond donors (Lipinski definition) is 2. The molecule has 2 atom stereocenters. The largest absolute Gasteiger partial charge is 0.479 e. The molecule has 9 heteroatoms. The van der Waals surface area contributed by atoms with Crippen molar-refractivity contribution in [1.82, 2.24) is 25.5 Å². The van der Waals surface area contributed by atoms with Crippen molar-refractivity contribution < 1.29 is 19.4 Å². The SMILES string of the molecule is CCOC1CC(NC(=O)Cn2cnnn2)(C(=O)O)C1(C)C. The maximum atomic E-state index is 12.0. The van der Waals surface area contributed by atoms with Crippen molar-refractivity contribution in [1.29, 1.82) is 0 Å². The second-order valence-electron chi connectivity index (χ2n) is 5.64. The van der Waals surface area contributed by atoms with Crippen molar-refractivity contribution in [2.45, 2.75) is 45.4 Å². The van der Waals surface area contributed by atoms with E-state index in [1.54, 1.807) is 13.8 Å². The van der Waals surface area contributed by atoms with E-state index in [1.807, 2.05) is 6.92 Å². The van der Waals surface area contributed by atoms with E-state index in [0.717, 1.165) is 0 Å². The van der Waals surface area contributed by atoms with Crippen molar-refractivity contribution in [3.05, 3.63) is 6.33 Å². The van der Waals surface area contributed by atoms with E-state index in [4.69, 9.17) is 4.74 Å². The van der Waals surface area contributed by atoms with Crippen LogP contribution in [0.1, 0.15) is 27.2 Å². The topological polar surface area (TPSA) is 119 Å². The molecule has 2 unspecified atom stereocenters. The molecule has 9 nitrogen and oxygen atoms in total. The van der Waals surface area contributed by atoms with Gasteiger partial charge < -0.3 is 15.2 Å². The van der Waals surface area contributed by atoms with Crippen molar-refractivity contribution in [3.63, 3.8) is 0 Å². The van der Waals surface area contributed by atoms with Gasteiger partial charge in [-0.2, -0.15) is 0 Å². The molecule has 1 heterocycles. The first kappa shape index (κ1) is 15.4. The lowest BCUT2D eigenvalue weighted by atomic mass is 9.54. The molecule has 0 aliphatic heterocycles. The van der Waals surface area contributed by atoms with Gasteiger partial charge in [0.1, 0.15) is 18.4 Å². The van der Waals surface area contributed by atoms with E-state index < -0.39 is 22.8 Å². The van der Waals surface area contributed by atoms with Gasteiger partial charge in [-0.3, -0.25) is 4.79 Å².